The molecule has 0 spiro atoms. The summed E-state index contributed by atoms with van der Waals surface area (Å²) in [5.41, 5.74) is 0. The van der Waals surface area contributed by atoms with E-state index in [2.05, 4.69) is 13.8 Å². The third-order valence-electron chi connectivity index (χ3n) is 2.84. The molecule has 0 amide bonds. The van der Waals surface area contributed by atoms with Crippen molar-refractivity contribution in [3.63, 3.8) is 0 Å². The number of aliphatic hydroxyl groups excluding tert-OH is 1. The third-order valence-corrected chi connectivity index (χ3v) is 2.84. The van der Waals surface area contributed by atoms with Gasteiger partial charge >= 0.3 is 0 Å². The first-order chi connectivity index (χ1) is 7.70. The fourth-order valence-electron chi connectivity index (χ4n) is 1.49. The molecule has 2 nitrogen and oxygen atoms in total. The van der Waals surface area contributed by atoms with Gasteiger partial charge in [0.2, 0.25) is 0 Å². The summed E-state index contributed by atoms with van der Waals surface area (Å²) in [5, 5.41) is 8.49. The Balaban J connectivity index is 3.04. The van der Waals surface area contributed by atoms with Gasteiger partial charge in [-0.3, -0.25) is 0 Å². The Bertz CT molecular complexity index is 126. The summed E-state index contributed by atoms with van der Waals surface area (Å²) >= 11 is 0. The highest BCUT2D eigenvalue weighted by Gasteiger charge is 2.03. The van der Waals surface area contributed by atoms with Crippen molar-refractivity contribution >= 4 is 0 Å². The maximum atomic E-state index is 12.6. The summed E-state index contributed by atoms with van der Waals surface area (Å²) in [6, 6.07) is 0. The summed E-state index contributed by atoms with van der Waals surface area (Å²) in [6.45, 7) is 4.73. The van der Waals surface area contributed by atoms with Gasteiger partial charge in [0.1, 0.15) is 6.17 Å². The lowest BCUT2D eigenvalue weighted by Gasteiger charge is -2.10. The van der Waals surface area contributed by atoms with Crippen molar-refractivity contribution < 1.29 is 14.2 Å². The Morgan fingerprint density at radius 1 is 1.12 bits per heavy atom. The van der Waals surface area contributed by atoms with Crippen LogP contribution in [0.25, 0.3) is 0 Å². The summed E-state index contributed by atoms with van der Waals surface area (Å²) < 4.78 is 18.2. The molecule has 0 bridgehead atoms. The highest BCUT2D eigenvalue weighted by atomic mass is 19.1. The fourth-order valence-corrected chi connectivity index (χ4v) is 1.49. The molecular formula is C13H27FO2. The lowest BCUT2D eigenvalue weighted by Crippen LogP contribution is -2.07. The zero-order valence-electron chi connectivity index (χ0n) is 10.8. The van der Waals surface area contributed by atoms with E-state index in [0.717, 1.165) is 45.1 Å². The first-order valence-corrected chi connectivity index (χ1v) is 6.57. The minimum absolute atomic E-state index is 0.331. The largest absolute Gasteiger partial charge is 0.393 e. The van der Waals surface area contributed by atoms with Crippen LogP contribution in [0, 0.1) is 0 Å². The molecule has 2 unspecified atom stereocenters. The molecule has 0 aromatic carbocycles. The molecule has 0 saturated carbocycles. The maximum absolute atomic E-state index is 12.6. The van der Waals surface area contributed by atoms with E-state index in [0.29, 0.717) is 12.5 Å². The zero-order chi connectivity index (χ0) is 12.2. The van der Waals surface area contributed by atoms with Crippen molar-refractivity contribution in [1.82, 2.24) is 0 Å². The smallest absolute Gasteiger partial charge is 0.123 e. The SMILES string of the molecule is CCC(C)OCCCCCCCC(F)CO. The average molecular weight is 234 g/mol. The van der Waals surface area contributed by atoms with Gasteiger partial charge in [-0.15, -0.1) is 0 Å². The molecule has 2 atom stereocenters. The van der Waals surface area contributed by atoms with Crippen LogP contribution in [0.5, 0.6) is 0 Å². The van der Waals surface area contributed by atoms with Crippen LogP contribution in [0.4, 0.5) is 4.39 Å². The fraction of sp³-hybridized carbons (Fsp3) is 1.00. The second kappa shape index (κ2) is 11.3. The van der Waals surface area contributed by atoms with Gasteiger partial charge in [-0.2, -0.15) is 0 Å². The van der Waals surface area contributed by atoms with Crippen LogP contribution in [0.3, 0.4) is 0 Å². The molecule has 0 heterocycles. The first kappa shape index (κ1) is 15.9. The van der Waals surface area contributed by atoms with E-state index in [-0.39, 0.29) is 6.61 Å². The van der Waals surface area contributed by atoms with Gasteiger partial charge in [0.15, 0.2) is 0 Å². The Hall–Kier alpha value is -0.150. The molecule has 0 aromatic rings. The van der Waals surface area contributed by atoms with E-state index in [9.17, 15) is 4.39 Å². The van der Waals surface area contributed by atoms with E-state index in [1.54, 1.807) is 0 Å². The van der Waals surface area contributed by atoms with Gasteiger partial charge in [0.25, 0.3) is 0 Å². The lowest BCUT2D eigenvalue weighted by molar-refractivity contribution is 0.0607. The van der Waals surface area contributed by atoms with Crippen LogP contribution in [0.1, 0.15) is 58.8 Å². The van der Waals surface area contributed by atoms with Crippen LogP contribution in [-0.2, 0) is 4.74 Å². The molecule has 0 aliphatic carbocycles. The van der Waals surface area contributed by atoms with Crippen molar-refractivity contribution in [2.75, 3.05) is 13.2 Å². The molecule has 0 aliphatic rings. The minimum atomic E-state index is -1.02. The maximum Gasteiger partial charge on any atom is 0.123 e. The standard InChI is InChI=1S/C13H27FO2/c1-3-12(2)16-10-8-6-4-5-7-9-13(14)11-15/h12-13,15H,3-11H2,1-2H3. The molecule has 0 rings (SSSR count). The molecule has 98 valence electrons. The van der Waals surface area contributed by atoms with E-state index in [1.165, 1.54) is 0 Å². The van der Waals surface area contributed by atoms with Crippen LogP contribution in [0.15, 0.2) is 0 Å². The predicted molar refractivity (Wildman–Crippen MR) is 65.4 cm³/mol. The third kappa shape index (κ3) is 10.4. The van der Waals surface area contributed by atoms with Gasteiger partial charge in [0, 0.05) is 6.61 Å². The number of ether oxygens (including phenoxy) is 1. The van der Waals surface area contributed by atoms with Crippen molar-refractivity contribution in [3.05, 3.63) is 0 Å². The number of hydrogen-bond donors (Lipinski definition) is 1. The van der Waals surface area contributed by atoms with Gasteiger partial charge in [-0.25, -0.2) is 4.39 Å². The molecule has 16 heavy (non-hydrogen) atoms. The topological polar surface area (TPSA) is 29.5 Å². The van der Waals surface area contributed by atoms with Crippen molar-refractivity contribution in [2.24, 2.45) is 0 Å². The number of hydrogen-bond acceptors (Lipinski definition) is 2. The number of alkyl halides is 1. The monoisotopic (exact) mass is 234 g/mol. The van der Waals surface area contributed by atoms with Crippen LogP contribution in [-0.4, -0.2) is 30.6 Å². The van der Waals surface area contributed by atoms with Crippen LogP contribution in [0.2, 0.25) is 0 Å². The van der Waals surface area contributed by atoms with E-state index in [4.69, 9.17) is 9.84 Å². The second-order valence-corrected chi connectivity index (χ2v) is 4.43. The number of unbranched alkanes of at least 4 members (excludes halogenated alkanes) is 4. The Labute approximate surface area is 99.2 Å². The Kier molecular flexibility index (Phi) is 11.2. The molecule has 3 heteroatoms. The predicted octanol–water partition coefficient (Wildman–Crippen LogP) is 3.47. The quantitative estimate of drug-likeness (QED) is 0.555. The number of halogens is 1. The van der Waals surface area contributed by atoms with Gasteiger partial charge in [-0.1, -0.05) is 32.6 Å². The molecule has 0 fully saturated rings. The Morgan fingerprint density at radius 2 is 1.75 bits per heavy atom. The van der Waals surface area contributed by atoms with Crippen molar-refractivity contribution in [1.29, 1.82) is 0 Å². The van der Waals surface area contributed by atoms with Gasteiger partial charge in [0.05, 0.1) is 12.7 Å². The molecule has 0 aliphatic heterocycles. The summed E-state index contributed by atoms with van der Waals surface area (Å²) in [5.74, 6) is 0. The Morgan fingerprint density at radius 3 is 2.38 bits per heavy atom. The molecular weight excluding hydrogens is 207 g/mol. The van der Waals surface area contributed by atoms with E-state index < -0.39 is 6.17 Å². The lowest BCUT2D eigenvalue weighted by atomic mass is 10.1. The first-order valence-electron chi connectivity index (χ1n) is 6.57. The van der Waals surface area contributed by atoms with E-state index >= 15 is 0 Å². The molecule has 0 radical (unpaired) electrons. The highest BCUT2D eigenvalue weighted by molar-refractivity contribution is 4.54. The van der Waals surface area contributed by atoms with Crippen LogP contribution < -0.4 is 0 Å². The summed E-state index contributed by atoms with van der Waals surface area (Å²) in [6.07, 6.45) is 6.26. The second-order valence-electron chi connectivity index (χ2n) is 4.43. The minimum Gasteiger partial charge on any atom is -0.393 e. The number of rotatable bonds is 11. The molecule has 0 aromatic heterocycles. The molecule has 1 N–H and O–H groups in total. The van der Waals surface area contributed by atoms with Gasteiger partial charge in [-0.05, 0) is 26.2 Å². The van der Waals surface area contributed by atoms with Crippen molar-refractivity contribution in [3.8, 4) is 0 Å². The number of aliphatic hydroxyl groups is 1. The van der Waals surface area contributed by atoms with Crippen molar-refractivity contribution in [2.45, 2.75) is 71.1 Å². The normalized spacial score (nSPS) is 15.0. The highest BCUT2D eigenvalue weighted by Crippen LogP contribution is 2.09. The summed E-state index contributed by atoms with van der Waals surface area (Å²) in [4.78, 5) is 0. The average Bonchev–Trinajstić information content (AvgIpc) is 2.31. The van der Waals surface area contributed by atoms with E-state index in [1.807, 2.05) is 0 Å². The van der Waals surface area contributed by atoms with Gasteiger partial charge < -0.3 is 9.84 Å². The zero-order valence-corrected chi connectivity index (χ0v) is 10.8. The molecule has 0 saturated heterocycles. The summed E-state index contributed by atoms with van der Waals surface area (Å²) in [7, 11) is 0. The van der Waals surface area contributed by atoms with Crippen LogP contribution >= 0.6 is 0 Å².